The lowest BCUT2D eigenvalue weighted by molar-refractivity contribution is -0.324. The molecule has 0 spiro atoms. The lowest BCUT2D eigenvalue weighted by Crippen LogP contribution is -2.67. The molecule has 2 saturated heterocycles. The zero-order valence-electron chi connectivity index (χ0n) is 32.4. The average molecular weight is 726 g/mol. The Balaban J connectivity index is 1.33. The number of methoxy groups -OCH3 is 1. The van der Waals surface area contributed by atoms with Crippen LogP contribution in [0.1, 0.15) is 120 Å². The fraction of sp³-hybridized carbons (Fsp3) is 0.923. The van der Waals surface area contributed by atoms with E-state index in [-0.39, 0.29) is 17.4 Å². The first-order valence-electron chi connectivity index (χ1n) is 19.2. The van der Waals surface area contributed by atoms with Crippen LogP contribution < -0.4 is 5.32 Å². The summed E-state index contributed by atoms with van der Waals surface area (Å²) in [4.78, 5) is 12.1. The summed E-state index contributed by atoms with van der Waals surface area (Å²) >= 11 is 0. The Morgan fingerprint density at radius 3 is 2.33 bits per heavy atom. The van der Waals surface area contributed by atoms with E-state index in [0.717, 1.165) is 32.1 Å². The zero-order chi connectivity index (χ0) is 37.9. The van der Waals surface area contributed by atoms with E-state index in [1.165, 1.54) is 25.2 Å². The Hall–Kier alpha value is -1.19. The third-order valence-electron chi connectivity index (χ3n) is 13.8. The first-order chi connectivity index (χ1) is 23.6. The largest absolute Gasteiger partial charge is 0.393 e. The summed E-state index contributed by atoms with van der Waals surface area (Å²) in [6.07, 6.45) is -0.243. The minimum absolute atomic E-state index is 0.0289. The summed E-state index contributed by atoms with van der Waals surface area (Å²) in [7, 11) is 1.48. The average Bonchev–Trinajstić information content (AvgIpc) is 3.38. The van der Waals surface area contributed by atoms with Gasteiger partial charge in [-0.25, -0.2) is 0 Å². The van der Waals surface area contributed by atoms with Crippen LogP contribution in [0.25, 0.3) is 0 Å². The second kappa shape index (κ2) is 14.8. The molecule has 0 aromatic rings. The van der Waals surface area contributed by atoms with Crippen LogP contribution in [0.5, 0.6) is 0 Å². The molecule has 5 rings (SSSR count). The predicted octanol–water partition coefficient (Wildman–Crippen LogP) is 2.87. The lowest BCUT2D eigenvalue weighted by atomic mass is 9.51. The number of hydrogen-bond acceptors (Lipinski definition) is 11. The molecule has 294 valence electrons. The smallest absolute Gasteiger partial charge is 0.217 e. The number of rotatable bonds is 10. The summed E-state index contributed by atoms with van der Waals surface area (Å²) in [6.45, 7) is 15.1. The van der Waals surface area contributed by atoms with Crippen LogP contribution >= 0.6 is 0 Å². The topological polar surface area (TPSA) is 187 Å². The van der Waals surface area contributed by atoms with E-state index < -0.39 is 83.7 Å². The standard InChI is InChI=1S/C39H67NO11/c1-21(41)40-30-32(46)31(45)25(20-48-9)49-34(30)51-36(4,5)29-15-17-38(7)26-12-11-23(39(26,8)19-24(42)33(38)50-29)22-10-13-28(44)37(6,18-22)16-14-27(43)35(2,3)47/h24-34,42-47H,10-20H2,1-9H3,(H,40,41)/b23-22-. The van der Waals surface area contributed by atoms with E-state index in [1.54, 1.807) is 13.8 Å². The van der Waals surface area contributed by atoms with Crippen molar-refractivity contribution in [2.24, 2.45) is 22.2 Å². The maximum atomic E-state index is 12.1. The van der Waals surface area contributed by atoms with Gasteiger partial charge in [0.05, 0.1) is 48.3 Å². The first kappa shape index (κ1) is 41.0. The maximum absolute atomic E-state index is 12.1. The van der Waals surface area contributed by atoms with Crippen LogP contribution in [0.4, 0.5) is 0 Å². The summed E-state index contributed by atoms with van der Waals surface area (Å²) in [5, 5.41) is 68.3. The van der Waals surface area contributed by atoms with E-state index in [0.29, 0.717) is 38.0 Å². The number of fused-ring (bicyclic) bond motifs is 3. The lowest BCUT2D eigenvalue weighted by Gasteiger charge is -2.60. The Bertz CT molecular complexity index is 1280. The van der Waals surface area contributed by atoms with Gasteiger partial charge in [0.15, 0.2) is 6.29 Å². The number of allylic oxidation sites excluding steroid dienone is 2. The van der Waals surface area contributed by atoms with Crippen LogP contribution in [0.2, 0.25) is 0 Å². The summed E-state index contributed by atoms with van der Waals surface area (Å²) in [5.41, 5.74) is -0.266. The number of amides is 1. The van der Waals surface area contributed by atoms with Gasteiger partial charge in [0.25, 0.3) is 0 Å². The van der Waals surface area contributed by atoms with Gasteiger partial charge in [-0.3, -0.25) is 4.79 Å². The minimum atomic E-state index is -1.34. The van der Waals surface area contributed by atoms with E-state index in [1.807, 2.05) is 13.8 Å². The molecule has 0 aromatic heterocycles. The van der Waals surface area contributed by atoms with Gasteiger partial charge in [-0.2, -0.15) is 0 Å². The van der Waals surface area contributed by atoms with Crippen molar-refractivity contribution in [3.05, 3.63) is 11.1 Å². The fourth-order valence-electron chi connectivity index (χ4n) is 10.7. The molecule has 5 aliphatic rings. The second-order valence-corrected chi connectivity index (χ2v) is 18.5. The highest BCUT2D eigenvalue weighted by Gasteiger charge is 2.64. The zero-order valence-corrected chi connectivity index (χ0v) is 32.4. The normalized spacial score (nSPS) is 45.5. The number of aliphatic hydroxyl groups is 6. The highest BCUT2D eigenvalue weighted by atomic mass is 16.7. The molecule has 51 heavy (non-hydrogen) atoms. The monoisotopic (exact) mass is 725 g/mol. The number of aliphatic hydroxyl groups excluding tert-OH is 5. The van der Waals surface area contributed by atoms with Crippen molar-refractivity contribution in [1.82, 2.24) is 5.32 Å². The summed E-state index contributed by atoms with van der Waals surface area (Å²) in [5.74, 6) is -0.104. The summed E-state index contributed by atoms with van der Waals surface area (Å²) < 4.78 is 24.7. The van der Waals surface area contributed by atoms with Crippen molar-refractivity contribution in [1.29, 1.82) is 0 Å². The predicted molar refractivity (Wildman–Crippen MR) is 189 cm³/mol. The van der Waals surface area contributed by atoms with Crippen molar-refractivity contribution >= 4 is 5.91 Å². The van der Waals surface area contributed by atoms with Gasteiger partial charge in [-0.05, 0) is 109 Å². The van der Waals surface area contributed by atoms with Gasteiger partial charge in [-0.15, -0.1) is 0 Å². The fourth-order valence-corrected chi connectivity index (χ4v) is 10.7. The Morgan fingerprint density at radius 1 is 1.02 bits per heavy atom. The molecule has 5 fully saturated rings. The Kier molecular flexibility index (Phi) is 11.9. The van der Waals surface area contributed by atoms with Crippen LogP contribution in [0.15, 0.2) is 11.1 Å². The molecular weight excluding hydrogens is 658 g/mol. The second-order valence-electron chi connectivity index (χ2n) is 18.5. The van der Waals surface area contributed by atoms with Crippen molar-refractivity contribution in [3.8, 4) is 0 Å². The third kappa shape index (κ3) is 7.84. The van der Waals surface area contributed by atoms with Gasteiger partial charge in [0, 0.05) is 19.4 Å². The van der Waals surface area contributed by atoms with E-state index in [4.69, 9.17) is 18.9 Å². The molecule has 3 saturated carbocycles. The van der Waals surface area contributed by atoms with Crippen molar-refractivity contribution in [2.45, 2.75) is 192 Å². The van der Waals surface area contributed by atoms with E-state index in [2.05, 4.69) is 26.1 Å². The molecule has 0 bridgehead atoms. The number of carbonyl (C=O) groups is 1. The number of hydrogen-bond donors (Lipinski definition) is 7. The van der Waals surface area contributed by atoms with Gasteiger partial charge in [0.1, 0.15) is 24.4 Å². The van der Waals surface area contributed by atoms with Gasteiger partial charge in [0.2, 0.25) is 5.91 Å². The molecule has 0 radical (unpaired) electrons. The van der Waals surface area contributed by atoms with Crippen molar-refractivity contribution in [2.75, 3.05) is 13.7 Å². The summed E-state index contributed by atoms with van der Waals surface area (Å²) in [6, 6.07) is -1.01. The van der Waals surface area contributed by atoms with E-state index >= 15 is 0 Å². The SMILES string of the molecule is COCC1OC(OC(C)(C)C2CCC3(C)C(O2)C(O)CC2(C)/C(=C4/CCC(O)C(C)(CCC(O)C(C)(C)O)C4)CCC23)C(NC(C)=O)C(O)C1O. The molecule has 2 heterocycles. The van der Waals surface area contributed by atoms with Crippen LogP contribution in [0, 0.1) is 22.2 Å². The molecule has 7 N–H and O–H groups in total. The number of carbonyl (C=O) groups excluding carboxylic acids is 1. The van der Waals surface area contributed by atoms with Gasteiger partial charge >= 0.3 is 0 Å². The Morgan fingerprint density at radius 2 is 1.71 bits per heavy atom. The molecule has 2 aliphatic heterocycles. The van der Waals surface area contributed by atoms with Crippen molar-refractivity contribution < 1.29 is 54.4 Å². The quantitative estimate of drug-likeness (QED) is 0.164. The maximum Gasteiger partial charge on any atom is 0.217 e. The van der Waals surface area contributed by atoms with Gasteiger partial charge in [-0.1, -0.05) is 31.9 Å². The van der Waals surface area contributed by atoms with Crippen molar-refractivity contribution in [3.63, 3.8) is 0 Å². The highest BCUT2D eigenvalue weighted by molar-refractivity contribution is 5.73. The number of nitrogens with one attached hydrogen (secondary N) is 1. The molecule has 3 aliphatic carbocycles. The molecular formula is C39H67NO11. The molecule has 12 nitrogen and oxygen atoms in total. The van der Waals surface area contributed by atoms with Crippen LogP contribution in [0.3, 0.4) is 0 Å². The molecule has 0 aromatic carbocycles. The molecule has 14 unspecified atom stereocenters. The first-order valence-corrected chi connectivity index (χ1v) is 19.2. The minimum Gasteiger partial charge on any atom is -0.393 e. The van der Waals surface area contributed by atoms with E-state index in [9.17, 15) is 35.4 Å². The van der Waals surface area contributed by atoms with Gasteiger partial charge < -0.3 is 54.9 Å². The number of ether oxygens (including phenoxy) is 4. The van der Waals surface area contributed by atoms with Crippen LogP contribution in [-0.4, -0.2) is 123 Å². The molecule has 12 heteroatoms. The molecule has 1 amide bonds. The van der Waals surface area contributed by atoms with Crippen LogP contribution in [-0.2, 0) is 23.7 Å². The highest BCUT2D eigenvalue weighted by Crippen LogP contribution is 2.66. The Labute approximate surface area is 304 Å². The third-order valence-corrected chi connectivity index (χ3v) is 13.8. The molecule has 14 atom stereocenters.